The molecule has 4 heteroatoms. The molecule has 1 aromatic rings. The topological polar surface area (TPSA) is 58.4 Å². The molecule has 1 aromatic carbocycles. The van der Waals surface area contributed by atoms with Gasteiger partial charge in [0, 0.05) is 11.3 Å². The zero-order valence-corrected chi connectivity index (χ0v) is 12.7. The largest absolute Gasteiger partial charge is 0.399 e. The molecule has 0 aliphatic carbocycles. The summed E-state index contributed by atoms with van der Waals surface area (Å²) >= 11 is 0. The van der Waals surface area contributed by atoms with E-state index in [1.54, 1.807) is 24.3 Å². The Hall–Kier alpha value is -1.39. The normalized spacial score (nSPS) is 10.9. The van der Waals surface area contributed by atoms with Crippen molar-refractivity contribution in [3.63, 3.8) is 0 Å². The summed E-state index contributed by atoms with van der Waals surface area (Å²) in [5.41, 5.74) is 7.00. The quantitative estimate of drug-likeness (QED) is 0.391. The van der Waals surface area contributed by atoms with Crippen molar-refractivity contribution >= 4 is 11.5 Å². The van der Waals surface area contributed by atoms with E-state index < -0.39 is 0 Å². The van der Waals surface area contributed by atoms with Crippen LogP contribution in [0.3, 0.4) is 0 Å². The first-order chi connectivity index (χ1) is 9.67. The maximum atomic E-state index is 11.9. The Morgan fingerprint density at radius 1 is 1.15 bits per heavy atom. The van der Waals surface area contributed by atoms with Gasteiger partial charge in [0.05, 0.1) is 6.54 Å². The minimum Gasteiger partial charge on any atom is -0.399 e. The third-order valence-corrected chi connectivity index (χ3v) is 3.49. The van der Waals surface area contributed by atoms with Crippen molar-refractivity contribution in [1.29, 1.82) is 0 Å². The summed E-state index contributed by atoms with van der Waals surface area (Å²) in [6.07, 6.45) is 2.27. The Balaban J connectivity index is 2.12. The highest BCUT2D eigenvalue weighted by atomic mass is 16.1. The van der Waals surface area contributed by atoms with Crippen LogP contribution in [-0.2, 0) is 0 Å². The van der Waals surface area contributed by atoms with E-state index in [2.05, 4.69) is 24.1 Å². The van der Waals surface area contributed by atoms with Gasteiger partial charge in [0.1, 0.15) is 0 Å². The molecule has 0 amide bonds. The Labute approximate surface area is 122 Å². The monoisotopic (exact) mass is 277 g/mol. The first-order valence-electron chi connectivity index (χ1n) is 7.49. The molecule has 0 radical (unpaired) electrons. The van der Waals surface area contributed by atoms with Crippen molar-refractivity contribution in [2.45, 2.75) is 26.7 Å². The lowest BCUT2D eigenvalue weighted by atomic mass is 10.1. The third-order valence-electron chi connectivity index (χ3n) is 3.49. The number of unbranched alkanes of at least 4 members (excludes halogenated alkanes) is 1. The summed E-state index contributed by atoms with van der Waals surface area (Å²) in [6.45, 7) is 9.02. The van der Waals surface area contributed by atoms with Gasteiger partial charge in [0.15, 0.2) is 5.78 Å². The van der Waals surface area contributed by atoms with E-state index in [0.717, 1.165) is 38.2 Å². The number of benzene rings is 1. The van der Waals surface area contributed by atoms with Gasteiger partial charge in [-0.25, -0.2) is 0 Å². The number of nitrogens with two attached hydrogens (primary N) is 1. The van der Waals surface area contributed by atoms with Crippen LogP contribution in [0.2, 0.25) is 0 Å². The van der Waals surface area contributed by atoms with Gasteiger partial charge in [0.2, 0.25) is 0 Å². The van der Waals surface area contributed by atoms with Crippen LogP contribution in [0, 0.1) is 0 Å². The molecule has 0 aromatic heterocycles. The number of Topliss-reactive ketones (excluding diaryl/α,β-unsaturated/α-hetero) is 1. The van der Waals surface area contributed by atoms with Crippen LogP contribution in [0.25, 0.3) is 0 Å². The van der Waals surface area contributed by atoms with E-state index >= 15 is 0 Å². The predicted molar refractivity (Wildman–Crippen MR) is 85.1 cm³/mol. The average Bonchev–Trinajstić information content (AvgIpc) is 2.47. The predicted octanol–water partition coefficient (Wildman–Crippen LogP) is 2.16. The molecule has 112 valence electrons. The van der Waals surface area contributed by atoms with Gasteiger partial charge >= 0.3 is 0 Å². The summed E-state index contributed by atoms with van der Waals surface area (Å²) in [4.78, 5) is 14.3. The Bertz CT molecular complexity index is 385. The number of carbonyl (C=O) groups excluding carboxylic acids is 1. The molecule has 1 rings (SSSR count). The van der Waals surface area contributed by atoms with Crippen molar-refractivity contribution in [3.05, 3.63) is 29.8 Å². The molecule has 0 saturated carbocycles. The zero-order valence-electron chi connectivity index (χ0n) is 12.7. The van der Waals surface area contributed by atoms with Crippen LogP contribution in [0.1, 0.15) is 37.0 Å². The Kier molecular flexibility index (Phi) is 7.92. The summed E-state index contributed by atoms with van der Waals surface area (Å²) in [5.74, 6) is 0.119. The van der Waals surface area contributed by atoms with E-state index in [-0.39, 0.29) is 5.78 Å². The van der Waals surface area contributed by atoms with Crippen LogP contribution in [-0.4, -0.2) is 43.4 Å². The van der Waals surface area contributed by atoms with Crippen LogP contribution in [0.15, 0.2) is 24.3 Å². The van der Waals surface area contributed by atoms with E-state index in [0.29, 0.717) is 12.2 Å². The van der Waals surface area contributed by atoms with E-state index in [1.807, 2.05) is 0 Å². The summed E-state index contributed by atoms with van der Waals surface area (Å²) in [5, 5.41) is 3.21. The highest BCUT2D eigenvalue weighted by Gasteiger charge is 2.04. The van der Waals surface area contributed by atoms with Crippen molar-refractivity contribution in [1.82, 2.24) is 10.2 Å². The van der Waals surface area contributed by atoms with Gasteiger partial charge in [0.25, 0.3) is 0 Å². The molecule has 0 aliphatic rings. The molecule has 3 N–H and O–H groups in total. The van der Waals surface area contributed by atoms with Gasteiger partial charge in [-0.2, -0.15) is 0 Å². The fourth-order valence-corrected chi connectivity index (χ4v) is 2.10. The second-order valence-corrected chi connectivity index (χ2v) is 4.96. The highest BCUT2D eigenvalue weighted by molar-refractivity contribution is 5.97. The molecular weight excluding hydrogens is 250 g/mol. The summed E-state index contributed by atoms with van der Waals surface area (Å²) in [7, 11) is 0. The van der Waals surface area contributed by atoms with Crippen LogP contribution in [0.4, 0.5) is 5.69 Å². The van der Waals surface area contributed by atoms with Gasteiger partial charge < -0.3 is 16.0 Å². The summed E-state index contributed by atoms with van der Waals surface area (Å²) < 4.78 is 0. The molecule has 0 heterocycles. The van der Waals surface area contributed by atoms with Crippen LogP contribution < -0.4 is 11.1 Å². The van der Waals surface area contributed by atoms with Crippen molar-refractivity contribution in [3.8, 4) is 0 Å². The number of nitrogens with one attached hydrogen (secondary N) is 1. The SMILES string of the molecule is CCN(CC)CCCCNCC(=O)c1ccc(N)cc1. The van der Waals surface area contributed by atoms with Crippen molar-refractivity contribution < 1.29 is 4.79 Å². The smallest absolute Gasteiger partial charge is 0.176 e. The minimum atomic E-state index is 0.119. The Morgan fingerprint density at radius 3 is 2.40 bits per heavy atom. The maximum Gasteiger partial charge on any atom is 0.176 e. The molecule has 0 fully saturated rings. The van der Waals surface area contributed by atoms with E-state index in [4.69, 9.17) is 5.73 Å². The third kappa shape index (κ3) is 6.17. The van der Waals surface area contributed by atoms with Gasteiger partial charge in [-0.3, -0.25) is 4.79 Å². The van der Waals surface area contributed by atoms with E-state index in [9.17, 15) is 4.79 Å². The molecule has 0 saturated heterocycles. The lowest BCUT2D eigenvalue weighted by molar-refractivity contribution is 0.0991. The number of nitrogens with zero attached hydrogens (tertiary/aromatic N) is 1. The standard InChI is InChI=1S/C16H27N3O/c1-3-19(4-2)12-6-5-11-18-13-16(20)14-7-9-15(17)10-8-14/h7-10,18H,3-6,11-13,17H2,1-2H3. The second-order valence-electron chi connectivity index (χ2n) is 4.96. The Morgan fingerprint density at radius 2 is 1.80 bits per heavy atom. The van der Waals surface area contributed by atoms with Crippen LogP contribution >= 0.6 is 0 Å². The molecule has 0 spiro atoms. The van der Waals surface area contributed by atoms with Gasteiger partial charge in [-0.15, -0.1) is 0 Å². The van der Waals surface area contributed by atoms with Crippen molar-refractivity contribution in [2.24, 2.45) is 0 Å². The number of anilines is 1. The van der Waals surface area contributed by atoms with Gasteiger partial charge in [-0.05, 0) is 63.3 Å². The molecule has 4 nitrogen and oxygen atoms in total. The average molecular weight is 277 g/mol. The molecule has 0 bridgehead atoms. The van der Waals surface area contributed by atoms with Gasteiger partial charge in [-0.1, -0.05) is 13.8 Å². The minimum absolute atomic E-state index is 0.119. The highest BCUT2D eigenvalue weighted by Crippen LogP contribution is 2.05. The molecule has 20 heavy (non-hydrogen) atoms. The zero-order chi connectivity index (χ0) is 14.8. The summed E-state index contributed by atoms with van der Waals surface area (Å²) in [6, 6.07) is 7.08. The number of ketones is 1. The maximum absolute atomic E-state index is 11.9. The molecule has 0 atom stereocenters. The molecular formula is C16H27N3O. The number of hydrogen-bond donors (Lipinski definition) is 2. The molecule has 0 aliphatic heterocycles. The van der Waals surface area contributed by atoms with Crippen molar-refractivity contribution in [2.75, 3.05) is 38.5 Å². The first-order valence-corrected chi connectivity index (χ1v) is 7.49. The van der Waals surface area contributed by atoms with Crippen LogP contribution in [0.5, 0.6) is 0 Å². The first kappa shape index (κ1) is 16.7. The number of rotatable bonds is 10. The fraction of sp³-hybridized carbons (Fsp3) is 0.562. The fourth-order valence-electron chi connectivity index (χ4n) is 2.10. The second kappa shape index (κ2) is 9.50. The number of hydrogen-bond acceptors (Lipinski definition) is 4. The number of nitrogen functional groups attached to an aromatic ring is 1. The number of carbonyl (C=O) groups is 1. The lowest BCUT2D eigenvalue weighted by Crippen LogP contribution is -2.26. The molecule has 0 unspecified atom stereocenters. The lowest BCUT2D eigenvalue weighted by Gasteiger charge is -2.17. The van der Waals surface area contributed by atoms with E-state index in [1.165, 1.54) is 6.42 Å².